The largest absolute Gasteiger partial charge is 0.493 e. The Kier molecular flexibility index (Phi) is 6.97. The van der Waals surface area contributed by atoms with Crippen molar-refractivity contribution in [1.29, 1.82) is 0 Å². The summed E-state index contributed by atoms with van der Waals surface area (Å²) in [5.74, 6) is 0. The number of hydrogen-bond acceptors (Lipinski definition) is 0. The molecule has 0 spiro atoms. The summed E-state index contributed by atoms with van der Waals surface area (Å²) >= 11 is 0. The number of aryl methyl sites for hydroxylation is 2. The molecule has 2 heteroatoms. The molecule has 0 radical (unpaired) electrons. The molecule has 146 valence electrons. The van der Waals surface area contributed by atoms with E-state index in [9.17, 15) is 5.53 Å². The lowest BCUT2D eigenvalue weighted by molar-refractivity contribution is -0.344. The Bertz CT molecular complexity index is 902. The molecule has 0 saturated heterocycles. The molecule has 0 aliphatic carbocycles. The zero-order valence-corrected chi connectivity index (χ0v) is 17.5. The van der Waals surface area contributed by atoms with Crippen molar-refractivity contribution in [1.82, 2.24) is 0 Å². The molecule has 1 aliphatic rings. The zero-order valence-electron chi connectivity index (χ0n) is 17.5. The van der Waals surface area contributed by atoms with Crippen molar-refractivity contribution in [3.8, 4) is 0 Å². The van der Waals surface area contributed by atoms with Crippen molar-refractivity contribution in [3.63, 3.8) is 0 Å². The predicted octanol–water partition coefficient (Wildman–Crippen LogP) is 7.72. The fourth-order valence-electron chi connectivity index (χ4n) is 3.97. The number of allylic oxidation sites excluding steroid dienone is 2. The van der Waals surface area contributed by atoms with Crippen LogP contribution in [-0.2, 0) is 6.42 Å². The van der Waals surface area contributed by atoms with E-state index in [1.54, 1.807) is 0 Å². The highest BCUT2D eigenvalue weighted by Crippen LogP contribution is 2.35. The van der Waals surface area contributed by atoms with Crippen LogP contribution in [0.2, 0.25) is 0 Å². The van der Waals surface area contributed by atoms with Crippen LogP contribution in [0.3, 0.4) is 0 Å². The van der Waals surface area contributed by atoms with Crippen LogP contribution in [0.1, 0.15) is 74.6 Å². The van der Waals surface area contributed by atoms with Crippen molar-refractivity contribution < 1.29 is 4.70 Å². The molecule has 0 atom stereocenters. The number of benzene rings is 2. The molecule has 0 amide bonds. The van der Waals surface area contributed by atoms with Crippen molar-refractivity contribution in [2.45, 2.75) is 65.7 Å². The van der Waals surface area contributed by atoms with Gasteiger partial charge in [-0.3, -0.25) is 0 Å². The Balaban J connectivity index is 1.68. The topological polar surface area (TPSA) is 25.3 Å². The maximum absolute atomic E-state index is 10.9. The van der Waals surface area contributed by atoms with Gasteiger partial charge in [0.1, 0.15) is 0 Å². The SMILES string of the molecule is CCCCCCCCc1cccc(C2=CC(C)=C(c3cccc(C)c3)[N+]2=[N-])c1. The first-order valence-electron chi connectivity index (χ1n) is 10.7. The minimum atomic E-state index is 0.860. The average Bonchev–Trinajstić information content (AvgIpc) is 2.99. The van der Waals surface area contributed by atoms with Crippen LogP contribution in [0, 0.1) is 6.92 Å². The summed E-state index contributed by atoms with van der Waals surface area (Å²) in [5, 5.41) is 0. The molecule has 28 heavy (non-hydrogen) atoms. The summed E-state index contributed by atoms with van der Waals surface area (Å²) in [6, 6.07) is 16.9. The monoisotopic (exact) mass is 372 g/mol. The number of hydrogen-bond donors (Lipinski definition) is 0. The molecule has 2 aromatic rings. The molecule has 0 N–H and O–H groups in total. The first kappa shape index (κ1) is 20.3. The Labute approximate surface area is 170 Å². The molecule has 0 aromatic heterocycles. The van der Waals surface area contributed by atoms with Gasteiger partial charge in [0.15, 0.2) is 0 Å². The number of unbranched alkanes of at least 4 members (excludes halogenated alkanes) is 5. The van der Waals surface area contributed by atoms with Gasteiger partial charge >= 0.3 is 0 Å². The average molecular weight is 373 g/mol. The van der Waals surface area contributed by atoms with E-state index in [4.69, 9.17) is 0 Å². The van der Waals surface area contributed by atoms with Crippen LogP contribution in [0.5, 0.6) is 0 Å². The zero-order chi connectivity index (χ0) is 19.9. The van der Waals surface area contributed by atoms with Crippen LogP contribution in [0.25, 0.3) is 16.9 Å². The van der Waals surface area contributed by atoms with Gasteiger partial charge in [0.2, 0.25) is 11.4 Å². The smallest absolute Gasteiger partial charge is 0.210 e. The lowest BCUT2D eigenvalue weighted by atomic mass is 10.0. The van der Waals surface area contributed by atoms with Gasteiger partial charge in [0.25, 0.3) is 0 Å². The van der Waals surface area contributed by atoms with Crippen molar-refractivity contribution in [3.05, 3.63) is 88.0 Å². The van der Waals surface area contributed by atoms with Crippen LogP contribution in [0.4, 0.5) is 0 Å². The fourth-order valence-corrected chi connectivity index (χ4v) is 3.97. The van der Waals surface area contributed by atoms with Crippen LogP contribution in [0.15, 0.2) is 60.2 Å². The number of nitrogens with zero attached hydrogens (tertiary/aromatic N) is 2. The summed E-state index contributed by atoms with van der Waals surface area (Å²) < 4.78 is 1.36. The third kappa shape index (κ3) is 4.86. The Morgan fingerprint density at radius 3 is 2.32 bits per heavy atom. The van der Waals surface area contributed by atoms with Crippen molar-refractivity contribution in [2.24, 2.45) is 0 Å². The summed E-state index contributed by atoms with van der Waals surface area (Å²) in [7, 11) is 0. The Morgan fingerprint density at radius 1 is 0.821 bits per heavy atom. The molecule has 0 saturated carbocycles. The molecule has 0 bridgehead atoms. The van der Waals surface area contributed by atoms with Gasteiger partial charge in [-0.2, -0.15) is 0 Å². The maximum Gasteiger partial charge on any atom is 0.210 e. The van der Waals surface area contributed by atoms with Crippen molar-refractivity contribution in [2.75, 3.05) is 0 Å². The highest BCUT2D eigenvalue weighted by molar-refractivity contribution is 5.78. The second kappa shape index (κ2) is 9.64. The Morgan fingerprint density at radius 2 is 1.54 bits per heavy atom. The standard InChI is InChI=1S/C26H32N2/c1-4-5-6-7-8-9-13-22-14-11-15-23(19-22)25-18-21(3)26(28(25)27)24-16-10-12-20(2)17-24/h10-12,14-19H,4-9,13H2,1-3H3. The summed E-state index contributed by atoms with van der Waals surface area (Å²) in [4.78, 5) is 0. The van der Waals surface area contributed by atoms with Gasteiger partial charge in [-0.05, 0) is 56.5 Å². The Hall–Kier alpha value is -2.48. The maximum atomic E-state index is 10.9. The van der Waals surface area contributed by atoms with Crippen LogP contribution < -0.4 is 0 Å². The van der Waals surface area contributed by atoms with Gasteiger partial charge in [-0.25, -0.2) is 4.70 Å². The molecule has 1 aliphatic heterocycles. The minimum absolute atomic E-state index is 0.860. The van der Waals surface area contributed by atoms with Gasteiger partial charge in [0, 0.05) is 22.8 Å². The van der Waals surface area contributed by atoms with Crippen LogP contribution >= 0.6 is 0 Å². The van der Waals surface area contributed by atoms with Gasteiger partial charge < -0.3 is 5.53 Å². The van der Waals surface area contributed by atoms with Crippen molar-refractivity contribution >= 4 is 11.4 Å². The molecular weight excluding hydrogens is 340 g/mol. The first-order valence-corrected chi connectivity index (χ1v) is 10.7. The van der Waals surface area contributed by atoms with Gasteiger partial charge in [0.05, 0.1) is 0 Å². The predicted molar refractivity (Wildman–Crippen MR) is 119 cm³/mol. The van der Waals surface area contributed by atoms with Gasteiger partial charge in [-0.15, -0.1) is 0 Å². The lowest BCUT2D eigenvalue weighted by Gasteiger charge is -2.10. The van der Waals surface area contributed by atoms with E-state index in [2.05, 4.69) is 69.3 Å². The minimum Gasteiger partial charge on any atom is -0.493 e. The second-order valence-electron chi connectivity index (χ2n) is 7.96. The third-order valence-corrected chi connectivity index (χ3v) is 5.50. The fraction of sp³-hybridized carbons (Fsp3) is 0.385. The second-order valence-corrected chi connectivity index (χ2v) is 7.96. The number of rotatable bonds is 9. The highest BCUT2D eigenvalue weighted by atomic mass is 15.2. The molecule has 2 nitrogen and oxygen atoms in total. The molecule has 0 unspecified atom stereocenters. The van der Waals surface area contributed by atoms with E-state index in [-0.39, 0.29) is 0 Å². The molecule has 0 fully saturated rings. The first-order chi connectivity index (χ1) is 13.6. The highest BCUT2D eigenvalue weighted by Gasteiger charge is 2.26. The lowest BCUT2D eigenvalue weighted by Crippen LogP contribution is -2.02. The molecule has 3 rings (SSSR count). The summed E-state index contributed by atoms with van der Waals surface area (Å²) in [6.45, 7) is 6.40. The molecule has 2 aromatic carbocycles. The summed E-state index contributed by atoms with van der Waals surface area (Å²) in [6.07, 6.45) is 11.1. The quantitative estimate of drug-likeness (QED) is 0.318. The van der Waals surface area contributed by atoms with Crippen LogP contribution in [-0.4, -0.2) is 4.70 Å². The van der Waals surface area contributed by atoms with E-state index in [0.29, 0.717) is 0 Å². The van der Waals surface area contributed by atoms with E-state index >= 15 is 0 Å². The normalized spacial score (nSPS) is 14.0. The summed E-state index contributed by atoms with van der Waals surface area (Å²) in [5.41, 5.74) is 18.4. The van der Waals surface area contributed by atoms with E-state index in [1.807, 2.05) is 6.07 Å². The third-order valence-electron chi connectivity index (χ3n) is 5.50. The van der Waals surface area contributed by atoms with Gasteiger partial charge in [-0.1, -0.05) is 68.9 Å². The van der Waals surface area contributed by atoms with E-state index < -0.39 is 0 Å². The van der Waals surface area contributed by atoms with E-state index in [1.165, 1.54) is 54.3 Å². The molecule has 1 heterocycles. The molecular formula is C26H32N2. The van der Waals surface area contributed by atoms with E-state index in [0.717, 1.165) is 34.5 Å².